The average molecular weight is 329 g/mol. The number of benzene rings is 2. The quantitative estimate of drug-likeness (QED) is 0.730. The van der Waals surface area contributed by atoms with Gasteiger partial charge in [0.25, 0.3) is 0 Å². The molecular formula is C14H8BrF3O. The molecule has 0 saturated carbocycles. The van der Waals surface area contributed by atoms with Crippen LogP contribution in [0, 0.1) is 0 Å². The van der Waals surface area contributed by atoms with Gasteiger partial charge < -0.3 is 0 Å². The molecule has 0 atom stereocenters. The number of halogens is 4. The molecule has 2 aromatic carbocycles. The molecule has 0 bridgehead atoms. The van der Waals surface area contributed by atoms with Crippen LogP contribution < -0.4 is 0 Å². The first-order valence-corrected chi connectivity index (χ1v) is 6.15. The van der Waals surface area contributed by atoms with Crippen LogP contribution in [0.1, 0.15) is 21.5 Å². The number of rotatable bonds is 2. The fourth-order valence-electron chi connectivity index (χ4n) is 1.61. The summed E-state index contributed by atoms with van der Waals surface area (Å²) < 4.78 is 38.0. The van der Waals surface area contributed by atoms with Crippen LogP contribution >= 0.6 is 15.9 Å². The molecule has 1 nitrogen and oxygen atoms in total. The van der Waals surface area contributed by atoms with E-state index in [4.69, 9.17) is 0 Å². The third kappa shape index (κ3) is 3.23. The minimum absolute atomic E-state index is 0.228. The van der Waals surface area contributed by atoms with Crippen molar-refractivity contribution in [2.24, 2.45) is 0 Å². The number of hydrogen-bond acceptors (Lipinski definition) is 1. The van der Waals surface area contributed by atoms with E-state index in [1.807, 2.05) is 0 Å². The van der Waals surface area contributed by atoms with E-state index in [1.165, 1.54) is 12.1 Å². The monoisotopic (exact) mass is 328 g/mol. The second-order valence-corrected chi connectivity index (χ2v) is 4.83. The molecule has 0 saturated heterocycles. The molecule has 0 amide bonds. The second kappa shape index (κ2) is 5.17. The Labute approximate surface area is 116 Å². The van der Waals surface area contributed by atoms with Crippen LogP contribution in [0.3, 0.4) is 0 Å². The molecule has 0 radical (unpaired) electrons. The zero-order valence-electron chi connectivity index (χ0n) is 9.54. The van der Waals surface area contributed by atoms with Crippen molar-refractivity contribution in [3.05, 3.63) is 69.7 Å². The molecule has 0 aliphatic rings. The highest BCUT2D eigenvalue weighted by molar-refractivity contribution is 9.10. The van der Waals surface area contributed by atoms with Crippen molar-refractivity contribution in [1.82, 2.24) is 0 Å². The standard InChI is InChI=1S/C14H8BrF3O/c15-12-3-1-2-10(8-12)13(19)9-4-6-11(7-5-9)14(16,17)18/h1-8H. The van der Waals surface area contributed by atoms with Crippen molar-refractivity contribution in [3.63, 3.8) is 0 Å². The molecule has 5 heteroatoms. The first-order valence-electron chi connectivity index (χ1n) is 5.35. The van der Waals surface area contributed by atoms with Gasteiger partial charge in [-0.25, -0.2) is 0 Å². The van der Waals surface area contributed by atoms with Crippen LogP contribution in [0.15, 0.2) is 53.0 Å². The molecule has 0 fully saturated rings. The normalized spacial score (nSPS) is 11.4. The summed E-state index contributed by atoms with van der Waals surface area (Å²) in [6.45, 7) is 0. The zero-order chi connectivity index (χ0) is 14.0. The maximum atomic E-state index is 12.4. The van der Waals surface area contributed by atoms with Gasteiger partial charge in [0.15, 0.2) is 5.78 Å². The van der Waals surface area contributed by atoms with E-state index in [1.54, 1.807) is 24.3 Å². The second-order valence-electron chi connectivity index (χ2n) is 3.91. The lowest BCUT2D eigenvalue weighted by Crippen LogP contribution is -2.06. The molecular weight excluding hydrogens is 321 g/mol. The molecule has 0 aliphatic carbocycles. The van der Waals surface area contributed by atoms with Gasteiger partial charge >= 0.3 is 6.18 Å². The summed E-state index contributed by atoms with van der Waals surface area (Å²) in [4.78, 5) is 12.1. The van der Waals surface area contributed by atoms with Crippen LogP contribution in [0.2, 0.25) is 0 Å². The lowest BCUT2D eigenvalue weighted by Gasteiger charge is -2.07. The maximum absolute atomic E-state index is 12.4. The molecule has 19 heavy (non-hydrogen) atoms. The molecule has 0 N–H and O–H groups in total. The summed E-state index contributed by atoms with van der Waals surface area (Å²) >= 11 is 3.24. The van der Waals surface area contributed by atoms with Crippen molar-refractivity contribution in [2.75, 3.05) is 0 Å². The molecule has 0 aliphatic heterocycles. The summed E-state index contributed by atoms with van der Waals surface area (Å²) in [5.74, 6) is -0.310. The third-order valence-electron chi connectivity index (χ3n) is 2.56. The molecule has 2 aromatic rings. The van der Waals surface area contributed by atoms with Crippen LogP contribution in [0.25, 0.3) is 0 Å². The van der Waals surface area contributed by atoms with E-state index in [2.05, 4.69) is 15.9 Å². The zero-order valence-corrected chi connectivity index (χ0v) is 11.1. The smallest absolute Gasteiger partial charge is 0.289 e. The predicted molar refractivity (Wildman–Crippen MR) is 69.0 cm³/mol. The van der Waals surface area contributed by atoms with Gasteiger partial charge in [0.2, 0.25) is 0 Å². The Hall–Kier alpha value is -1.62. The van der Waals surface area contributed by atoms with Crippen LogP contribution in [0.4, 0.5) is 13.2 Å². The Balaban J connectivity index is 2.30. The van der Waals surface area contributed by atoms with Gasteiger partial charge in [0.1, 0.15) is 0 Å². The fraction of sp³-hybridized carbons (Fsp3) is 0.0714. The minimum Gasteiger partial charge on any atom is -0.289 e. The summed E-state index contributed by atoms with van der Waals surface area (Å²) in [7, 11) is 0. The van der Waals surface area contributed by atoms with Crippen molar-refractivity contribution >= 4 is 21.7 Å². The van der Waals surface area contributed by atoms with Crippen LogP contribution in [-0.2, 0) is 6.18 Å². The van der Waals surface area contributed by atoms with E-state index < -0.39 is 11.7 Å². The Morgan fingerprint density at radius 2 is 1.58 bits per heavy atom. The van der Waals surface area contributed by atoms with E-state index >= 15 is 0 Å². The van der Waals surface area contributed by atoms with E-state index in [0.717, 1.165) is 16.6 Å². The Morgan fingerprint density at radius 1 is 0.947 bits per heavy atom. The highest BCUT2D eigenvalue weighted by Gasteiger charge is 2.30. The van der Waals surface area contributed by atoms with Gasteiger partial charge in [-0.1, -0.05) is 40.2 Å². The van der Waals surface area contributed by atoms with E-state index in [0.29, 0.717) is 5.56 Å². The first kappa shape index (κ1) is 13.8. The summed E-state index contributed by atoms with van der Waals surface area (Å²) in [5.41, 5.74) is -0.112. The Morgan fingerprint density at radius 3 is 2.11 bits per heavy atom. The van der Waals surface area contributed by atoms with E-state index in [9.17, 15) is 18.0 Å². The Bertz CT molecular complexity index is 603. The van der Waals surface area contributed by atoms with Gasteiger partial charge in [-0.2, -0.15) is 13.2 Å². The van der Waals surface area contributed by atoms with Gasteiger partial charge in [0, 0.05) is 15.6 Å². The lowest BCUT2D eigenvalue weighted by molar-refractivity contribution is -0.137. The van der Waals surface area contributed by atoms with Crippen LogP contribution in [0.5, 0.6) is 0 Å². The molecule has 98 valence electrons. The van der Waals surface area contributed by atoms with Crippen molar-refractivity contribution in [2.45, 2.75) is 6.18 Å². The minimum atomic E-state index is -4.39. The average Bonchev–Trinajstić information content (AvgIpc) is 2.37. The number of ketones is 1. The molecule has 0 spiro atoms. The van der Waals surface area contributed by atoms with Crippen molar-refractivity contribution in [3.8, 4) is 0 Å². The highest BCUT2D eigenvalue weighted by Crippen LogP contribution is 2.29. The maximum Gasteiger partial charge on any atom is 0.416 e. The number of alkyl halides is 3. The summed E-state index contributed by atoms with van der Waals surface area (Å²) in [5, 5.41) is 0. The van der Waals surface area contributed by atoms with Gasteiger partial charge in [-0.3, -0.25) is 4.79 Å². The molecule has 0 heterocycles. The van der Waals surface area contributed by atoms with Crippen molar-refractivity contribution in [1.29, 1.82) is 0 Å². The van der Waals surface area contributed by atoms with Crippen molar-refractivity contribution < 1.29 is 18.0 Å². The largest absolute Gasteiger partial charge is 0.416 e. The number of carbonyl (C=O) groups excluding carboxylic acids is 1. The van der Waals surface area contributed by atoms with Gasteiger partial charge in [0.05, 0.1) is 5.56 Å². The Kier molecular flexibility index (Phi) is 3.75. The summed E-state index contributed by atoms with van der Waals surface area (Å²) in [6, 6.07) is 10.9. The SMILES string of the molecule is O=C(c1ccc(C(F)(F)F)cc1)c1cccc(Br)c1. The fourth-order valence-corrected chi connectivity index (χ4v) is 2.01. The van der Waals surface area contributed by atoms with E-state index in [-0.39, 0.29) is 11.3 Å². The van der Waals surface area contributed by atoms with Crippen LogP contribution in [-0.4, -0.2) is 5.78 Å². The predicted octanol–water partition coefficient (Wildman–Crippen LogP) is 4.70. The lowest BCUT2D eigenvalue weighted by atomic mass is 10.0. The highest BCUT2D eigenvalue weighted by atomic mass is 79.9. The molecule has 0 aromatic heterocycles. The molecule has 0 unspecified atom stereocenters. The third-order valence-corrected chi connectivity index (χ3v) is 3.05. The number of hydrogen-bond donors (Lipinski definition) is 0. The molecule has 2 rings (SSSR count). The summed E-state index contributed by atoms with van der Waals surface area (Å²) in [6.07, 6.45) is -4.39. The van der Waals surface area contributed by atoms with Gasteiger partial charge in [-0.05, 0) is 24.3 Å². The van der Waals surface area contributed by atoms with Gasteiger partial charge in [-0.15, -0.1) is 0 Å². The topological polar surface area (TPSA) is 17.1 Å². The first-order chi connectivity index (χ1) is 8.88. The number of carbonyl (C=O) groups is 1.